The zero-order valence-corrected chi connectivity index (χ0v) is 15.1. The third kappa shape index (κ3) is 4.92. The first kappa shape index (κ1) is 19.2. The van der Waals surface area contributed by atoms with Crippen molar-refractivity contribution in [1.82, 2.24) is 9.21 Å². The number of piperidine rings is 1. The van der Waals surface area contributed by atoms with Gasteiger partial charge in [-0.25, -0.2) is 12.7 Å². The molecule has 2 fully saturated rings. The Labute approximate surface area is 144 Å². The van der Waals surface area contributed by atoms with Crippen molar-refractivity contribution >= 4 is 21.9 Å². The molecule has 0 aromatic carbocycles. The average molecular weight is 360 g/mol. The van der Waals surface area contributed by atoms with Crippen molar-refractivity contribution in [3.8, 4) is 0 Å². The second-order valence-corrected chi connectivity index (χ2v) is 9.04. The topological polar surface area (TPSA) is 95.0 Å². The number of carbonyl (C=O) groups is 2. The number of sulfonamides is 1. The molecule has 0 bridgehead atoms. The highest BCUT2D eigenvalue weighted by atomic mass is 32.2. The summed E-state index contributed by atoms with van der Waals surface area (Å²) < 4.78 is 25.3. The Morgan fingerprint density at radius 3 is 2.25 bits per heavy atom. The molecule has 7 nitrogen and oxygen atoms in total. The molecule has 1 aliphatic carbocycles. The van der Waals surface area contributed by atoms with Crippen LogP contribution < -0.4 is 0 Å². The third-order valence-corrected chi connectivity index (χ3v) is 7.12. The number of carboxylic acid groups (broad SMARTS) is 1. The number of carbonyl (C=O) groups excluding carboxylic acids is 1. The van der Waals surface area contributed by atoms with Crippen LogP contribution in [-0.4, -0.2) is 66.0 Å². The van der Waals surface area contributed by atoms with Gasteiger partial charge in [0.25, 0.3) is 0 Å². The smallest absolute Gasteiger partial charge is 0.323 e. The minimum Gasteiger partial charge on any atom is -0.480 e. The largest absolute Gasteiger partial charge is 0.480 e. The maximum atomic E-state index is 12.5. The van der Waals surface area contributed by atoms with E-state index in [1.807, 2.05) is 0 Å². The molecule has 2 aliphatic rings. The fraction of sp³-hybridized carbons (Fsp3) is 0.875. The molecule has 1 heterocycles. The summed E-state index contributed by atoms with van der Waals surface area (Å²) in [7, 11) is -3.22. The van der Waals surface area contributed by atoms with Crippen molar-refractivity contribution in [2.75, 3.05) is 25.4 Å². The Bertz CT molecular complexity index is 551. The Hall–Kier alpha value is -1.15. The molecule has 8 heteroatoms. The zero-order chi connectivity index (χ0) is 17.7. The van der Waals surface area contributed by atoms with E-state index in [1.54, 1.807) is 6.92 Å². The Morgan fingerprint density at radius 2 is 1.79 bits per heavy atom. The van der Waals surface area contributed by atoms with Gasteiger partial charge >= 0.3 is 5.97 Å². The van der Waals surface area contributed by atoms with Gasteiger partial charge in [0.2, 0.25) is 15.9 Å². The summed E-state index contributed by atoms with van der Waals surface area (Å²) in [6.07, 6.45) is 5.79. The van der Waals surface area contributed by atoms with Gasteiger partial charge in [-0.3, -0.25) is 9.59 Å². The van der Waals surface area contributed by atoms with E-state index < -0.39 is 16.0 Å². The minimum absolute atomic E-state index is 0.0663. The van der Waals surface area contributed by atoms with Crippen LogP contribution in [0, 0.1) is 5.92 Å². The molecule has 0 unspecified atom stereocenters. The summed E-state index contributed by atoms with van der Waals surface area (Å²) in [5.74, 6) is -0.453. The maximum Gasteiger partial charge on any atom is 0.323 e. The number of hydrogen-bond donors (Lipinski definition) is 1. The maximum absolute atomic E-state index is 12.5. The van der Waals surface area contributed by atoms with E-state index in [2.05, 4.69) is 0 Å². The molecule has 0 atom stereocenters. The highest BCUT2D eigenvalue weighted by Gasteiger charge is 2.33. The van der Waals surface area contributed by atoms with Crippen LogP contribution in [0.4, 0.5) is 0 Å². The normalized spacial score (nSPS) is 20.5. The van der Waals surface area contributed by atoms with Crippen molar-refractivity contribution < 1.29 is 23.1 Å². The van der Waals surface area contributed by atoms with Gasteiger partial charge in [-0.1, -0.05) is 19.3 Å². The average Bonchev–Trinajstić information content (AvgIpc) is 2.51. The molecule has 24 heavy (non-hydrogen) atoms. The second-order valence-electron chi connectivity index (χ2n) is 6.78. The SMILES string of the molecule is CCS(=O)(=O)N1CCC(N(CC(=O)O)C(=O)CCC2CCC2)CC1. The monoisotopic (exact) mass is 360 g/mol. The van der Waals surface area contributed by atoms with E-state index >= 15 is 0 Å². The van der Waals surface area contributed by atoms with Crippen molar-refractivity contribution in [3.05, 3.63) is 0 Å². The fourth-order valence-electron chi connectivity index (χ4n) is 3.43. The van der Waals surface area contributed by atoms with Gasteiger partial charge in [0.1, 0.15) is 6.54 Å². The predicted octanol–water partition coefficient (Wildman–Crippen LogP) is 1.29. The molecule has 1 amide bonds. The van der Waals surface area contributed by atoms with E-state index in [9.17, 15) is 18.0 Å². The molecule has 1 N–H and O–H groups in total. The number of aliphatic carboxylic acids is 1. The summed E-state index contributed by atoms with van der Waals surface area (Å²) in [5, 5.41) is 9.12. The molecular weight excluding hydrogens is 332 g/mol. The van der Waals surface area contributed by atoms with Gasteiger partial charge in [-0.05, 0) is 32.1 Å². The lowest BCUT2D eigenvalue weighted by atomic mass is 9.82. The molecule has 1 saturated heterocycles. The summed E-state index contributed by atoms with van der Waals surface area (Å²) in [5.41, 5.74) is 0. The Balaban J connectivity index is 1.92. The summed E-state index contributed by atoms with van der Waals surface area (Å²) >= 11 is 0. The van der Waals surface area contributed by atoms with E-state index in [-0.39, 0.29) is 24.2 Å². The van der Waals surface area contributed by atoms with Crippen LogP contribution in [0.2, 0.25) is 0 Å². The zero-order valence-electron chi connectivity index (χ0n) is 14.3. The summed E-state index contributed by atoms with van der Waals surface area (Å²) in [6, 6.07) is -0.182. The van der Waals surface area contributed by atoms with Gasteiger partial charge in [-0.2, -0.15) is 0 Å². The summed E-state index contributed by atoms with van der Waals surface area (Å²) in [4.78, 5) is 25.1. The van der Waals surface area contributed by atoms with Gasteiger partial charge in [0, 0.05) is 25.6 Å². The first-order chi connectivity index (χ1) is 11.3. The lowest BCUT2D eigenvalue weighted by Gasteiger charge is -2.37. The first-order valence-corrected chi connectivity index (χ1v) is 10.4. The molecule has 0 aromatic heterocycles. The quantitative estimate of drug-likeness (QED) is 0.704. The predicted molar refractivity (Wildman–Crippen MR) is 90.0 cm³/mol. The molecule has 0 radical (unpaired) electrons. The van der Waals surface area contributed by atoms with E-state index in [0.29, 0.717) is 38.3 Å². The van der Waals surface area contributed by atoms with Gasteiger partial charge < -0.3 is 10.0 Å². The number of nitrogens with zero attached hydrogens (tertiary/aromatic N) is 2. The van der Waals surface area contributed by atoms with Crippen LogP contribution in [-0.2, 0) is 19.6 Å². The molecule has 0 spiro atoms. The van der Waals surface area contributed by atoms with Crippen LogP contribution in [0.3, 0.4) is 0 Å². The van der Waals surface area contributed by atoms with E-state index in [4.69, 9.17) is 5.11 Å². The van der Waals surface area contributed by atoms with Crippen molar-refractivity contribution in [3.63, 3.8) is 0 Å². The van der Waals surface area contributed by atoms with Crippen LogP contribution in [0.5, 0.6) is 0 Å². The lowest BCUT2D eigenvalue weighted by Crippen LogP contribution is -2.50. The second kappa shape index (κ2) is 8.29. The van der Waals surface area contributed by atoms with Crippen molar-refractivity contribution in [1.29, 1.82) is 0 Å². The summed E-state index contributed by atoms with van der Waals surface area (Å²) in [6.45, 7) is 2.02. The molecule has 0 aromatic rings. The lowest BCUT2D eigenvalue weighted by molar-refractivity contribution is -0.147. The number of hydrogen-bond acceptors (Lipinski definition) is 4. The van der Waals surface area contributed by atoms with Crippen LogP contribution in [0.1, 0.15) is 51.9 Å². The number of carboxylic acids is 1. The first-order valence-electron chi connectivity index (χ1n) is 8.82. The standard InChI is InChI=1S/C16H28N2O5S/c1-2-24(22,23)17-10-8-14(9-11-17)18(12-16(20)21)15(19)7-6-13-4-3-5-13/h13-14H,2-12H2,1H3,(H,20,21). The fourth-order valence-corrected chi connectivity index (χ4v) is 4.57. The van der Waals surface area contributed by atoms with Crippen LogP contribution >= 0.6 is 0 Å². The molecule has 138 valence electrons. The Morgan fingerprint density at radius 1 is 1.17 bits per heavy atom. The molecular formula is C16H28N2O5S. The van der Waals surface area contributed by atoms with Gasteiger partial charge in [0.05, 0.1) is 5.75 Å². The number of rotatable bonds is 8. The Kier molecular flexibility index (Phi) is 6.62. The molecule has 1 saturated carbocycles. The van der Waals surface area contributed by atoms with Crippen LogP contribution in [0.15, 0.2) is 0 Å². The number of amides is 1. The minimum atomic E-state index is -3.22. The van der Waals surface area contributed by atoms with Crippen LogP contribution in [0.25, 0.3) is 0 Å². The molecule has 1 aliphatic heterocycles. The van der Waals surface area contributed by atoms with Gasteiger partial charge in [-0.15, -0.1) is 0 Å². The third-order valence-electron chi connectivity index (χ3n) is 5.24. The highest BCUT2D eigenvalue weighted by Crippen LogP contribution is 2.31. The van der Waals surface area contributed by atoms with Gasteiger partial charge in [0.15, 0.2) is 0 Å². The highest BCUT2D eigenvalue weighted by molar-refractivity contribution is 7.89. The van der Waals surface area contributed by atoms with E-state index in [1.165, 1.54) is 28.5 Å². The molecule has 2 rings (SSSR count). The van der Waals surface area contributed by atoms with Crippen molar-refractivity contribution in [2.45, 2.75) is 57.9 Å². The van der Waals surface area contributed by atoms with Crippen molar-refractivity contribution in [2.24, 2.45) is 5.92 Å². The van der Waals surface area contributed by atoms with E-state index in [0.717, 1.165) is 6.42 Å².